The average Bonchev–Trinajstić information content (AvgIpc) is 2.38. The highest BCUT2D eigenvalue weighted by atomic mass is 127. The van der Waals surface area contributed by atoms with E-state index in [0.717, 1.165) is 3.57 Å². The van der Waals surface area contributed by atoms with E-state index in [1.807, 2.05) is 22.6 Å². The van der Waals surface area contributed by atoms with Gasteiger partial charge in [0.1, 0.15) is 0 Å². The maximum Gasteiger partial charge on any atom is 0.255 e. The molecule has 0 aliphatic rings. The van der Waals surface area contributed by atoms with E-state index >= 15 is 0 Å². The molecule has 20 heavy (non-hydrogen) atoms. The largest absolute Gasteiger partial charge is 0.321 e. The number of rotatable bonds is 2. The Morgan fingerprint density at radius 1 is 1.10 bits per heavy atom. The lowest BCUT2D eigenvalue weighted by molar-refractivity contribution is 0.102. The number of halogens is 5. The normalized spacial score (nSPS) is 10.4. The van der Waals surface area contributed by atoms with E-state index in [-0.39, 0.29) is 10.6 Å². The van der Waals surface area contributed by atoms with Crippen LogP contribution in [0.5, 0.6) is 0 Å². The standard InChI is InChI=1S/C13H6ClF3INO/c14-8-5-7(18)1-2-11(8)19-13(20)6-3-9(15)12(17)10(16)4-6/h1-5H,(H,19,20). The van der Waals surface area contributed by atoms with Crippen molar-refractivity contribution in [3.63, 3.8) is 0 Å². The highest BCUT2D eigenvalue weighted by molar-refractivity contribution is 14.1. The Labute approximate surface area is 131 Å². The summed E-state index contributed by atoms with van der Waals surface area (Å²) in [4.78, 5) is 11.8. The summed E-state index contributed by atoms with van der Waals surface area (Å²) in [5.74, 6) is -5.26. The summed E-state index contributed by atoms with van der Waals surface area (Å²) in [5, 5.41) is 2.68. The lowest BCUT2D eigenvalue weighted by Gasteiger charge is -2.08. The van der Waals surface area contributed by atoms with Gasteiger partial charge in [0, 0.05) is 9.13 Å². The van der Waals surface area contributed by atoms with Gasteiger partial charge in [-0.3, -0.25) is 4.79 Å². The number of amides is 1. The van der Waals surface area contributed by atoms with Crippen LogP contribution < -0.4 is 5.32 Å². The molecule has 1 amide bonds. The summed E-state index contributed by atoms with van der Waals surface area (Å²) in [6, 6.07) is 6.11. The Morgan fingerprint density at radius 2 is 1.70 bits per heavy atom. The molecule has 2 aromatic carbocycles. The van der Waals surface area contributed by atoms with Crippen molar-refractivity contribution in [1.29, 1.82) is 0 Å². The molecule has 0 unspecified atom stereocenters. The van der Waals surface area contributed by atoms with E-state index in [9.17, 15) is 18.0 Å². The van der Waals surface area contributed by atoms with Gasteiger partial charge in [-0.2, -0.15) is 0 Å². The molecule has 0 spiro atoms. The maximum absolute atomic E-state index is 13.0. The number of anilines is 1. The van der Waals surface area contributed by atoms with Crippen LogP contribution in [0, 0.1) is 21.0 Å². The van der Waals surface area contributed by atoms with E-state index < -0.39 is 23.4 Å². The van der Waals surface area contributed by atoms with Gasteiger partial charge in [-0.25, -0.2) is 13.2 Å². The molecule has 0 atom stereocenters. The smallest absolute Gasteiger partial charge is 0.255 e. The third kappa shape index (κ3) is 3.24. The zero-order valence-corrected chi connectivity index (χ0v) is 12.6. The number of carbonyl (C=O) groups is 1. The van der Waals surface area contributed by atoms with Crippen molar-refractivity contribution in [2.24, 2.45) is 0 Å². The molecule has 0 heterocycles. The minimum Gasteiger partial charge on any atom is -0.321 e. The summed E-state index contributed by atoms with van der Waals surface area (Å²) >= 11 is 7.96. The highest BCUT2D eigenvalue weighted by Crippen LogP contribution is 2.24. The highest BCUT2D eigenvalue weighted by Gasteiger charge is 2.16. The molecule has 0 radical (unpaired) electrons. The third-order valence-electron chi connectivity index (χ3n) is 2.43. The molecule has 1 N–H and O–H groups in total. The van der Waals surface area contributed by atoms with Gasteiger partial charge < -0.3 is 5.32 Å². The lowest BCUT2D eigenvalue weighted by Crippen LogP contribution is -2.13. The fraction of sp³-hybridized carbons (Fsp3) is 0. The van der Waals surface area contributed by atoms with E-state index in [4.69, 9.17) is 11.6 Å². The van der Waals surface area contributed by atoms with Crippen molar-refractivity contribution >= 4 is 45.8 Å². The minimum absolute atomic E-state index is 0.285. The first-order valence-corrected chi connectivity index (χ1v) is 6.75. The summed E-state index contributed by atoms with van der Waals surface area (Å²) < 4.78 is 39.8. The Hall–Kier alpha value is -1.28. The van der Waals surface area contributed by atoms with Crippen LogP contribution in [0.25, 0.3) is 0 Å². The van der Waals surface area contributed by atoms with E-state index in [1.165, 1.54) is 0 Å². The van der Waals surface area contributed by atoms with E-state index in [0.29, 0.717) is 17.8 Å². The van der Waals surface area contributed by atoms with Crippen LogP contribution in [-0.2, 0) is 0 Å². The van der Waals surface area contributed by atoms with Crippen LogP contribution in [0.3, 0.4) is 0 Å². The fourth-order valence-electron chi connectivity index (χ4n) is 1.47. The second-order valence-corrected chi connectivity index (χ2v) is 5.48. The molecule has 7 heteroatoms. The Morgan fingerprint density at radius 3 is 2.25 bits per heavy atom. The molecule has 2 nitrogen and oxygen atoms in total. The first kappa shape index (κ1) is 15.1. The van der Waals surface area contributed by atoms with Gasteiger partial charge in [-0.05, 0) is 52.9 Å². The van der Waals surface area contributed by atoms with Gasteiger partial charge in [0.05, 0.1) is 10.7 Å². The monoisotopic (exact) mass is 411 g/mol. The molecular formula is C13H6ClF3INO. The topological polar surface area (TPSA) is 29.1 Å². The first-order chi connectivity index (χ1) is 9.38. The number of benzene rings is 2. The molecule has 0 fully saturated rings. The van der Waals surface area contributed by atoms with Gasteiger partial charge in [0.25, 0.3) is 5.91 Å². The third-order valence-corrected chi connectivity index (χ3v) is 3.41. The van der Waals surface area contributed by atoms with Gasteiger partial charge in [-0.15, -0.1) is 0 Å². The minimum atomic E-state index is -1.62. The second-order valence-electron chi connectivity index (χ2n) is 3.83. The molecule has 0 aromatic heterocycles. The first-order valence-electron chi connectivity index (χ1n) is 5.29. The lowest BCUT2D eigenvalue weighted by atomic mass is 10.2. The molecule has 0 saturated carbocycles. The predicted molar refractivity (Wildman–Crippen MR) is 78.4 cm³/mol. The quantitative estimate of drug-likeness (QED) is 0.567. The number of nitrogens with one attached hydrogen (secondary N) is 1. The molecule has 0 saturated heterocycles. The van der Waals surface area contributed by atoms with Crippen molar-refractivity contribution in [3.8, 4) is 0 Å². The zero-order valence-electron chi connectivity index (χ0n) is 9.68. The van der Waals surface area contributed by atoms with Crippen molar-refractivity contribution in [1.82, 2.24) is 0 Å². The number of carbonyl (C=O) groups excluding carboxylic acids is 1. The second kappa shape index (κ2) is 6.01. The maximum atomic E-state index is 13.0. The van der Waals surface area contributed by atoms with Gasteiger partial charge in [0.15, 0.2) is 17.5 Å². The number of hydrogen-bond donors (Lipinski definition) is 1. The summed E-state index contributed by atoms with van der Waals surface area (Å²) in [6.45, 7) is 0. The van der Waals surface area contributed by atoms with E-state index in [2.05, 4.69) is 5.32 Å². The molecule has 104 valence electrons. The molecule has 0 bridgehead atoms. The summed E-state index contributed by atoms with van der Waals surface area (Å²) in [5.41, 5.74) is -0.0433. The number of hydrogen-bond acceptors (Lipinski definition) is 1. The van der Waals surface area contributed by atoms with E-state index in [1.54, 1.807) is 18.2 Å². The van der Waals surface area contributed by atoms with Gasteiger partial charge in [-0.1, -0.05) is 11.6 Å². The van der Waals surface area contributed by atoms with Crippen LogP contribution >= 0.6 is 34.2 Å². The van der Waals surface area contributed by atoms with Gasteiger partial charge in [0.2, 0.25) is 0 Å². The van der Waals surface area contributed by atoms with Crippen LogP contribution in [0.15, 0.2) is 30.3 Å². The van der Waals surface area contributed by atoms with Crippen molar-refractivity contribution < 1.29 is 18.0 Å². The SMILES string of the molecule is O=C(Nc1ccc(I)cc1Cl)c1cc(F)c(F)c(F)c1. The predicted octanol–water partition coefficient (Wildman–Crippen LogP) is 4.61. The molecular weight excluding hydrogens is 406 g/mol. The average molecular weight is 412 g/mol. The summed E-state index contributed by atoms with van der Waals surface area (Å²) in [7, 11) is 0. The van der Waals surface area contributed by atoms with Crippen LogP contribution in [0.1, 0.15) is 10.4 Å². The molecule has 2 rings (SSSR count). The molecule has 0 aliphatic carbocycles. The molecule has 2 aromatic rings. The Bertz CT molecular complexity index is 670. The van der Waals surface area contributed by atoms with Gasteiger partial charge >= 0.3 is 0 Å². The zero-order chi connectivity index (χ0) is 14.9. The van der Waals surface area contributed by atoms with Crippen molar-refractivity contribution in [2.75, 3.05) is 5.32 Å². The van der Waals surface area contributed by atoms with Crippen molar-refractivity contribution in [2.45, 2.75) is 0 Å². The molecule has 0 aliphatic heterocycles. The fourth-order valence-corrected chi connectivity index (χ4v) is 2.38. The van der Waals surface area contributed by atoms with Crippen molar-refractivity contribution in [3.05, 3.63) is 61.9 Å². The van der Waals surface area contributed by atoms with Crippen LogP contribution in [0.2, 0.25) is 5.02 Å². The Balaban J connectivity index is 2.28. The summed E-state index contributed by atoms with van der Waals surface area (Å²) in [6.07, 6.45) is 0. The Kier molecular flexibility index (Phi) is 4.54. The van der Waals surface area contributed by atoms with Crippen LogP contribution in [-0.4, -0.2) is 5.91 Å². The van der Waals surface area contributed by atoms with Crippen LogP contribution in [0.4, 0.5) is 18.9 Å².